The molecule has 2 aromatic carbocycles. The van der Waals surface area contributed by atoms with Crippen LogP contribution >= 0.6 is 0 Å². The van der Waals surface area contributed by atoms with Gasteiger partial charge >= 0.3 is 11.9 Å². The van der Waals surface area contributed by atoms with Gasteiger partial charge in [-0.25, -0.2) is 9.59 Å². The minimum Gasteiger partial charge on any atom is -0.502 e. The zero-order valence-corrected chi connectivity index (χ0v) is 23.1. The molecule has 1 saturated heterocycles. The first-order chi connectivity index (χ1) is 20.1. The summed E-state index contributed by atoms with van der Waals surface area (Å²) in [7, 11) is 5.34. The molecule has 0 spiro atoms. The van der Waals surface area contributed by atoms with Crippen LogP contribution in [0.2, 0.25) is 0 Å². The molecule has 0 aromatic heterocycles. The summed E-state index contributed by atoms with van der Waals surface area (Å²) in [6.45, 7) is -0.736. The number of benzene rings is 2. The molecule has 228 valence electrons. The van der Waals surface area contributed by atoms with Gasteiger partial charge in [0.25, 0.3) is 0 Å². The van der Waals surface area contributed by atoms with Gasteiger partial charge in [0, 0.05) is 12.2 Å². The largest absolute Gasteiger partial charge is 0.502 e. The van der Waals surface area contributed by atoms with Crippen LogP contribution in [0.4, 0.5) is 0 Å². The van der Waals surface area contributed by atoms with Crippen molar-refractivity contribution < 1.29 is 68.3 Å². The highest BCUT2D eigenvalue weighted by atomic mass is 16.7. The topological polar surface area (TPSA) is 200 Å². The van der Waals surface area contributed by atoms with E-state index in [0.717, 1.165) is 12.2 Å². The number of rotatable bonds is 11. The number of aliphatic hydroxyl groups excluding tert-OH is 3. The molecule has 0 amide bonds. The molecule has 0 bridgehead atoms. The summed E-state index contributed by atoms with van der Waals surface area (Å²) < 4.78 is 36.2. The molecule has 1 heterocycles. The van der Waals surface area contributed by atoms with E-state index in [4.69, 9.17) is 33.2 Å². The number of aliphatic hydroxyl groups is 3. The molecule has 1 aliphatic rings. The number of ether oxygens (including phenoxy) is 7. The normalized spacial score (nSPS) is 22.1. The van der Waals surface area contributed by atoms with Crippen molar-refractivity contribution >= 4 is 24.1 Å². The number of hydrogen-bond acceptors (Lipinski definition) is 14. The van der Waals surface area contributed by atoms with Crippen LogP contribution in [0.5, 0.6) is 34.5 Å². The molecule has 0 aliphatic carbocycles. The van der Waals surface area contributed by atoms with Crippen LogP contribution in [-0.4, -0.2) is 103 Å². The Kier molecular flexibility index (Phi) is 11.0. The first-order valence-corrected chi connectivity index (χ1v) is 12.4. The average Bonchev–Trinajstić information content (AvgIpc) is 2.99. The Hall–Kier alpha value is -4.50. The van der Waals surface area contributed by atoms with Gasteiger partial charge < -0.3 is 58.7 Å². The summed E-state index contributed by atoms with van der Waals surface area (Å²) in [5.74, 6) is -2.14. The van der Waals surface area contributed by atoms with Gasteiger partial charge in [0.1, 0.15) is 18.3 Å². The lowest BCUT2D eigenvalue weighted by molar-refractivity contribution is -0.293. The highest BCUT2D eigenvalue weighted by Gasteiger charge is 2.48. The van der Waals surface area contributed by atoms with Crippen molar-refractivity contribution in [3.8, 4) is 34.5 Å². The van der Waals surface area contributed by atoms with E-state index in [1.807, 2.05) is 0 Å². The van der Waals surface area contributed by atoms with Gasteiger partial charge in [-0.2, -0.15) is 0 Å². The van der Waals surface area contributed by atoms with Gasteiger partial charge in [0.2, 0.25) is 17.8 Å². The van der Waals surface area contributed by atoms with Gasteiger partial charge in [0.05, 0.1) is 35.0 Å². The van der Waals surface area contributed by atoms with Gasteiger partial charge in [0.15, 0.2) is 29.1 Å². The molecule has 0 saturated carbocycles. The first-order valence-electron chi connectivity index (χ1n) is 12.4. The van der Waals surface area contributed by atoms with Gasteiger partial charge in [-0.3, -0.25) is 0 Å². The van der Waals surface area contributed by atoms with Crippen molar-refractivity contribution in [2.45, 2.75) is 30.7 Å². The lowest BCUT2D eigenvalue weighted by Gasteiger charge is -2.40. The van der Waals surface area contributed by atoms with Gasteiger partial charge in [-0.1, -0.05) is 0 Å². The average molecular weight is 593 g/mol. The number of methoxy groups -OCH3 is 4. The fourth-order valence-corrected chi connectivity index (χ4v) is 3.95. The Morgan fingerprint density at radius 1 is 0.738 bits per heavy atom. The van der Waals surface area contributed by atoms with Crippen LogP contribution in [0.1, 0.15) is 11.1 Å². The summed E-state index contributed by atoms with van der Waals surface area (Å²) >= 11 is 0. The molecular formula is C28H32O14. The molecular weight excluding hydrogens is 560 g/mol. The van der Waals surface area contributed by atoms with Crippen molar-refractivity contribution in [2.75, 3.05) is 35.0 Å². The molecule has 42 heavy (non-hydrogen) atoms. The molecule has 1 fully saturated rings. The van der Waals surface area contributed by atoms with E-state index in [-0.39, 0.29) is 34.5 Å². The number of carbonyl (C=O) groups excluding carboxylic acids is 2. The molecule has 5 atom stereocenters. The van der Waals surface area contributed by atoms with Crippen LogP contribution in [-0.2, 0) is 23.8 Å². The minimum atomic E-state index is -1.80. The fraction of sp³-hybridized carbons (Fsp3) is 0.357. The number of phenolic OH excluding ortho intramolecular Hbond substituents is 2. The Bertz CT molecular complexity index is 1270. The quantitative estimate of drug-likeness (QED) is 0.181. The van der Waals surface area contributed by atoms with E-state index in [1.165, 1.54) is 64.9 Å². The van der Waals surface area contributed by atoms with Crippen LogP contribution in [0, 0.1) is 0 Å². The highest BCUT2D eigenvalue weighted by molar-refractivity contribution is 5.88. The molecule has 5 N–H and O–H groups in total. The summed E-state index contributed by atoms with van der Waals surface area (Å²) in [5.41, 5.74) is 0.775. The van der Waals surface area contributed by atoms with E-state index in [1.54, 1.807) is 0 Å². The number of esters is 2. The van der Waals surface area contributed by atoms with E-state index >= 15 is 0 Å². The fourth-order valence-electron chi connectivity index (χ4n) is 3.95. The van der Waals surface area contributed by atoms with E-state index < -0.39 is 49.3 Å². The van der Waals surface area contributed by atoms with Gasteiger partial charge in [-0.15, -0.1) is 0 Å². The van der Waals surface area contributed by atoms with Crippen LogP contribution in [0.3, 0.4) is 0 Å². The number of aromatic hydroxyl groups is 2. The third-order valence-corrected chi connectivity index (χ3v) is 6.14. The molecule has 1 aliphatic heterocycles. The highest BCUT2D eigenvalue weighted by Crippen LogP contribution is 2.38. The second kappa shape index (κ2) is 14.4. The van der Waals surface area contributed by atoms with Crippen molar-refractivity contribution in [1.82, 2.24) is 0 Å². The van der Waals surface area contributed by atoms with Crippen molar-refractivity contribution in [3.63, 3.8) is 0 Å². The zero-order valence-electron chi connectivity index (χ0n) is 23.1. The molecule has 2 aromatic rings. The lowest BCUT2D eigenvalue weighted by atomic mass is 9.99. The predicted molar refractivity (Wildman–Crippen MR) is 144 cm³/mol. The number of hydrogen-bond donors (Lipinski definition) is 5. The maximum atomic E-state index is 12.6. The van der Waals surface area contributed by atoms with E-state index in [2.05, 4.69) is 0 Å². The van der Waals surface area contributed by atoms with Gasteiger partial charge in [-0.05, 0) is 47.5 Å². The predicted octanol–water partition coefficient (Wildman–Crippen LogP) is 0.753. The van der Waals surface area contributed by atoms with E-state index in [0.29, 0.717) is 11.1 Å². The second-order valence-electron chi connectivity index (χ2n) is 8.76. The van der Waals surface area contributed by atoms with E-state index in [9.17, 15) is 35.1 Å². The maximum Gasteiger partial charge on any atom is 0.333 e. The third-order valence-electron chi connectivity index (χ3n) is 6.14. The Morgan fingerprint density at radius 2 is 1.14 bits per heavy atom. The van der Waals surface area contributed by atoms with Crippen molar-refractivity contribution in [2.24, 2.45) is 0 Å². The number of carbonyl (C=O) groups is 2. The zero-order chi connectivity index (χ0) is 31.0. The minimum absolute atomic E-state index is 0.0841. The molecule has 14 nitrogen and oxygen atoms in total. The lowest BCUT2D eigenvalue weighted by Crippen LogP contribution is -2.60. The molecule has 3 rings (SSSR count). The Labute approximate surface area is 240 Å². The summed E-state index contributed by atoms with van der Waals surface area (Å²) in [6.07, 6.45) is -3.64. The third kappa shape index (κ3) is 7.41. The molecule has 0 unspecified atom stereocenters. The molecule has 14 heteroatoms. The monoisotopic (exact) mass is 592 g/mol. The SMILES string of the molecule is COc1cc(/C=C/C(=O)O[C@@H]2O[C@H](CO)[C@@H](O)[C@H](O)[C@H]2OC(=O)/C=C/c2cc(OC)c(O)c(OC)c2)cc(OC)c1O. The first kappa shape index (κ1) is 32.0. The maximum absolute atomic E-state index is 12.6. The summed E-state index contributed by atoms with van der Waals surface area (Å²) in [5, 5.41) is 50.5. The summed E-state index contributed by atoms with van der Waals surface area (Å²) in [4.78, 5) is 25.3. The number of phenols is 2. The molecule has 0 radical (unpaired) electrons. The Morgan fingerprint density at radius 3 is 1.52 bits per heavy atom. The van der Waals surface area contributed by atoms with Crippen molar-refractivity contribution in [3.05, 3.63) is 47.5 Å². The second-order valence-corrected chi connectivity index (χ2v) is 8.76. The standard InChI is InChI=1S/C28H32O14/c1-36-16-9-14(10-17(37-2)23(16)32)5-7-21(30)41-27-26(35)25(34)20(13-29)40-28(27)42-22(31)8-6-15-11-18(38-3)24(33)19(12-15)39-4/h5-12,20,25-29,32-35H,13H2,1-4H3/b7-5+,8-6+/t20-,25-,26+,27-,28+/m1/s1. The summed E-state index contributed by atoms with van der Waals surface area (Å²) in [6, 6.07) is 5.70. The Balaban J connectivity index is 1.78. The van der Waals surface area contributed by atoms with Crippen LogP contribution in [0.25, 0.3) is 12.2 Å². The smallest absolute Gasteiger partial charge is 0.333 e. The van der Waals surface area contributed by atoms with Crippen molar-refractivity contribution in [1.29, 1.82) is 0 Å². The van der Waals surface area contributed by atoms with Crippen LogP contribution in [0.15, 0.2) is 36.4 Å². The van der Waals surface area contributed by atoms with Crippen LogP contribution < -0.4 is 18.9 Å².